The summed E-state index contributed by atoms with van der Waals surface area (Å²) in [6.07, 6.45) is 0.969. The fraction of sp³-hybridized carbons (Fsp3) is 0.263. The lowest BCUT2D eigenvalue weighted by Gasteiger charge is -2.10. The topological polar surface area (TPSA) is 75.5 Å². The molecule has 0 saturated carbocycles. The van der Waals surface area contributed by atoms with Gasteiger partial charge in [-0.05, 0) is 36.4 Å². The van der Waals surface area contributed by atoms with Crippen LogP contribution in [0.25, 0.3) is 22.0 Å². The Kier molecular flexibility index (Phi) is 4.59. The lowest BCUT2D eigenvalue weighted by molar-refractivity contribution is -0.0216. The third-order valence-corrected chi connectivity index (χ3v) is 5.48. The molecular formula is C19H18N2O3S. The largest absolute Gasteiger partial charge is 0.394 e. The second kappa shape index (κ2) is 7.01. The first kappa shape index (κ1) is 16.4. The number of aliphatic hydroxyl groups is 2. The average molecular weight is 354 g/mol. The Morgan fingerprint density at radius 1 is 1.04 bits per heavy atom. The summed E-state index contributed by atoms with van der Waals surface area (Å²) < 4.78 is 5.73. The summed E-state index contributed by atoms with van der Waals surface area (Å²) in [6, 6.07) is 15.7. The maximum Gasteiger partial charge on any atom is 0.107 e. The van der Waals surface area contributed by atoms with Crippen molar-refractivity contribution in [3.8, 4) is 22.0 Å². The highest BCUT2D eigenvalue weighted by Crippen LogP contribution is 2.39. The quantitative estimate of drug-likeness (QED) is 0.753. The standard InChI is InChI=1S/C19H18N2O3S/c22-11-17-15(23)10-16(24-17)19-8-7-18(25-19)14-6-3-5-13(21-14)12-4-1-2-9-20-12/h1-9,15-17,22-23H,10-11H2/t15-,16+,17+/m0/s1. The lowest BCUT2D eigenvalue weighted by Crippen LogP contribution is -2.24. The van der Waals surface area contributed by atoms with Crippen molar-refractivity contribution in [3.63, 3.8) is 0 Å². The van der Waals surface area contributed by atoms with E-state index in [0.29, 0.717) is 6.42 Å². The van der Waals surface area contributed by atoms with E-state index >= 15 is 0 Å². The van der Waals surface area contributed by atoms with E-state index in [1.54, 1.807) is 17.5 Å². The number of nitrogens with zero attached hydrogens (tertiary/aromatic N) is 2. The monoisotopic (exact) mass is 354 g/mol. The van der Waals surface area contributed by atoms with Crippen molar-refractivity contribution >= 4 is 11.3 Å². The number of hydrogen-bond acceptors (Lipinski definition) is 6. The lowest BCUT2D eigenvalue weighted by atomic mass is 10.1. The smallest absolute Gasteiger partial charge is 0.107 e. The number of pyridine rings is 2. The van der Waals surface area contributed by atoms with Crippen LogP contribution in [0.2, 0.25) is 0 Å². The molecular weight excluding hydrogens is 336 g/mol. The van der Waals surface area contributed by atoms with Gasteiger partial charge in [0.15, 0.2) is 0 Å². The van der Waals surface area contributed by atoms with Gasteiger partial charge in [-0.15, -0.1) is 11.3 Å². The Labute approximate surface area is 149 Å². The Balaban J connectivity index is 1.59. The fourth-order valence-corrected chi connectivity index (χ4v) is 4.00. The van der Waals surface area contributed by atoms with Gasteiger partial charge in [-0.2, -0.15) is 0 Å². The molecule has 0 radical (unpaired) electrons. The van der Waals surface area contributed by atoms with Crippen LogP contribution in [-0.4, -0.2) is 39.0 Å². The minimum atomic E-state index is -0.619. The zero-order chi connectivity index (χ0) is 17.2. The SMILES string of the molecule is OC[C@H]1O[C@@H](c2ccc(-c3cccc(-c4ccccn4)n3)s2)C[C@@H]1O. The molecule has 0 amide bonds. The summed E-state index contributed by atoms with van der Waals surface area (Å²) in [5.74, 6) is 0. The van der Waals surface area contributed by atoms with E-state index in [4.69, 9.17) is 9.72 Å². The van der Waals surface area contributed by atoms with Crippen LogP contribution in [0.1, 0.15) is 17.4 Å². The molecule has 4 rings (SSSR count). The van der Waals surface area contributed by atoms with Crippen molar-refractivity contribution in [3.05, 3.63) is 59.6 Å². The second-order valence-electron chi connectivity index (χ2n) is 5.97. The van der Waals surface area contributed by atoms with Gasteiger partial charge in [-0.25, -0.2) is 4.98 Å². The van der Waals surface area contributed by atoms with Crippen LogP contribution in [0.15, 0.2) is 54.7 Å². The van der Waals surface area contributed by atoms with Crippen molar-refractivity contribution in [1.29, 1.82) is 0 Å². The van der Waals surface area contributed by atoms with Gasteiger partial charge in [0.25, 0.3) is 0 Å². The van der Waals surface area contributed by atoms with E-state index in [9.17, 15) is 10.2 Å². The molecule has 4 heterocycles. The van der Waals surface area contributed by atoms with Crippen LogP contribution in [0, 0.1) is 0 Å². The van der Waals surface area contributed by atoms with Gasteiger partial charge in [0.2, 0.25) is 0 Å². The van der Waals surface area contributed by atoms with Gasteiger partial charge in [0.05, 0.1) is 40.8 Å². The van der Waals surface area contributed by atoms with Crippen molar-refractivity contribution in [2.24, 2.45) is 0 Å². The molecule has 25 heavy (non-hydrogen) atoms. The fourth-order valence-electron chi connectivity index (χ4n) is 2.97. The Morgan fingerprint density at radius 2 is 1.88 bits per heavy atom. The number of aliphatic hydroxyl groups excluding tert-OH is 2. The Bertz CT molecular complexity index is 853. The molecule has 1 aliphatic rings. The average Bonchev–Trinajstić information content (AvgIpc) is 3.29. The zero-order valence-corrected chi connectivity index (χ0v) is 14.3. The molecule has 128 valence electrons. The van der Waals surface area contributed by atoms with Gasteiger partial charge in [0.1, 0.15) is 6.10 Å². The summed E-state index contributed by atoms with van der Waals surface area (Å²) in [5, 5.41) is 19.1. The third-order valence-electron chi connectivity index (χ3n) is 4.28. The predicted molar refractivity (Wildman–Crippen MR) is 96.1 cm³/mol. The first-order valence-electron chi connectivity index (χ1n) is 8.17. The summed E-state index contributed by atoms with van der Waals surface area (Å²) in [7, 11) is 0. The van der Waals surface area contributed by atoms with E-state index in [2.05, 4.69) is 4.98 Å². The molecule has 0 bridgehead atoms. The van der Waals surface area contributed by atoms with Crippen molar-refractivity contribution in [2.75, 3.05) is 6.61 Å². The third kappa shape index (κ3) is 3.34. The van der Waals surface area contributed by atoms with Gasteiger partial charge >= 0.3 is 0 Å². The highest BCUT2D eigenvalue weighted by molar-refractivity contribution is 7.15. The Hall–Kier alpha value is -2.12. The number of ether oxygens (including phenoxy) is 1. The number of rotatable bonds is 4. The molecule has 3 atom stereocenters. The van der Waals surface area contributed by atoms with Crippen LogP contribution in [-0.2, 0) is 4.74 Å². The van der Waals surface area contributed by atoms with E-state index in [1.165, 1.54) is 0 Å². The molecule has 3 aromatic heterocycles. The molecule has 5 nitrogen and oxygen atoms in total. The highest BCUT2D eigenvalue weighted by atomic mass is 32.1. The van der Waals surface area contributed by atoms with Crippen LogP contribution in [0.3, 0.4) is 0 Å². The summed E-state index contributed by atoms with van der Waals surface area (Å²) in [6.45, 7) is -0.163. The molecule has 0 aromatic carbocycles. The van der Waals surface area contributed by atoms with Gasteiger partial charge in [-0.1, -0.05) is 12.1 Å². The van der Waals surface area contributed by atoms with Gasteiger partial charge < -0.3 is 14.9 Å². The normalized spacial score (nSPS) is 23.0. The molecule has 3 aromatic rings. The minimum absolute atomic E-state index is 0.163. The Morgan fingerprint density at radius 3 is 2.64 bits per heavy atom. The van der Waals surface area contributed by atoms with E-state index in [-0.39, 0.29) is 12.7 Å². The summed E-state index contributed by atoms with van der Waals surface area (Å²) in [4.78, 5) is 11.1. The number of aromatic nitrogens is 2. The highest BCUT2D eigenvalue weighted by Gasteiger charge is 2.35. The van der Waals surface area contributed by atoms with Crippen LogP contribution in [0.4, 0.5) is 0 Å². The molecule has 0 unspecified atom stereocenters. The molecule has 1 saturated heterocycles. The van der Waals surface area contributed by atoms with E-state index < -0.39 is 12.2 Å². The molecule has 1 fully saturated rings. The molecule has 2 N–H and O–H groups in total. The van der Waals surface area contributed by atoms with Gasteiger partial charge in [-0.3, -0.25) is 4.98 Å². The molecule has 1 aliphatic heterocycles. The van der Waals surface area contributed by atoms with Crippen LogP contribution >= 0.6 is 11.3 Å². The van der Waals surface area contributed by atoms with Crippen molar-refractivity contribution in [2.45, 2.75) is 24.7 Å². The van der Waals surface area contributed by atoms with E-state index in [1.807, 2.05) is 48.5 Å². The molecule has 0 spiro atoms. The van der Waals surface area contributed by atoms with E-state index in [0.717, 1.165) is 26.8 Å². The first-order valence-corrected chi connectivity index (χ1v) is 8.99. The summed E-state index contributed by atoms with van der Waals surface area (Å²) >= 11 is 1.60. The van der Waals surface area contributed by atoms with Gasteiger partial charge in [0, 0.05) is 17.5 Å². The first-order chi connectivity index (χ1) is 12.2. The zero-order valence-electron chi connectivity index (χ0n) is 13.4. The van der Waals surface area contributed by atoms with Crippen LogP contribution < -0.4 is 0 Å². The predicted octanol–water partition coefficient (Wildman–Crippen LogP) is 3.06. The van der Waals surface area contributed by atoms with Crippen LogP contribution in [0.5, 0.6) is 0 Å². The minimum Gasteiger partial charge on any atom is -0.394 e. The second-order valence-corrected chi connectivity index (χ2v) is 7.09. The van der Waals surface area contributed by atoms with Crippen molar-refractivity contribution < 1.29 is 14.9 Å². The maximum absolute atomic E-state index is 9.91. The van der Waals surface area contributed by atoms with Crippen molar-refractivity contribution in [1.82, 2.24) is 9.97 Å². The maximum atomic E-state index is 9.91. The molecule has 0 aliphatic carbocycles. The number of thiophene rings is 1. The molecule has 6 heteroatoms. The number of hydrogen-bond donors (Lipinski definition) is 2. The summed E-state index contributed by atoms with van der Waals surface area (Å²) in [5.41, 5.74) is 2.56.